The predicted octanol–water partition coefficient (Wildman–Crippen LogP) is 4.96. The molecule has 0 amide bonds. The maximum atomic E-state index is 12.9. The maximum Gasteiger partial charge on any atom is 0.229 e. The zero-order valence-corrected chi connectivity index (χ0v) is 22.5. The Hall–Kier alpha value is -3.08. The van der Waals surface area contributed by atoms with E-state index in [1.807, 2.05) is 6.07 Å². The molecule has 1 atom stereocenters. The lowest BCUT2D eigenvalue weighted by Crippen LogP contribution is -2.20. The van der Waals surface area contributed by atoms with E-state index in [0.29, 0.717) is 36.3 Å². The fourth-order valence-electron chi connectivity index (χ4n) is 4.69. The van der Waals surface area contributed by atoms with Crippen LogP contribution < -0.4 is 25.4 Å². The van der Waals surface area contributed by atoms with Gasteiger partial charge in [0.25, 0.3) is 0 Å². The van der Waals surface area contributed by atoms with Gasteiger partial charge in [0.05, 0.1) is 27.7 Å². The van der Waals surface area contributed by atoms with Crippen molar-refractivity contribution in [2.75, 3.05) is 36.9 Å². The van der Waals surface area contributed by atoms with Crippen molar-refractivity contribution in [1.82, 2.24) is 15.3 Å². The number of hydrogen-bond acceptors (Lipinski definition) is 9. The minimum Gasteiger partial charge on any atom is -0.486 e. The van der Waals surface area contributed by atoms with E-state index in [0.717, 1.165) is 30.8 Å². The van der Waals surface area contributed by atoms with Gasteiger partial charge < -0.3 is 25.4 Å². The summed E-state index contributed by atoms with van der Waals surface area (Å²) < 4.78 is 37.9. The fraction of sp³-hybridized carbons (Fsp3) is 0.385. The Labute approximate surface area is 221 Å². The molecule has 196 valence electrons. The molecule has 11 heteroatoms. The summed E-state index contributed by atoms with van der Waals surface area (Å²) in [7, 11) is -3.52. The van der Waals surface area contributed by atoms with Crippen molar-refractivity contribution >= 4 is 44.6 Å². The monoisotopic (exact) mass is 543 g/mol. The fourth-order valence-corrected chi connectivity index (χ4v) is 6.03. The number of halogens is 1. The Morgan fingerprint density at radius 2 is 1.86 bits per heavy atom. The Morgan fingerprint density at radius 3 is 2.59 bits per heavy atom. The van der Waals surface area contributed by atoms with Crippen LogP contribution in [-0.2, 0) is 9.84 Å². The summed E-state index contributed by atoms with van der Waals surface area (Å²) in [5, 5.41) is 9.43. The van der Waals surface area contributed by atoms with E-state index in [2.05, 4.69) is 32.8 Å². The first-order valence-corrected chi connectivity index (χ1v) is 14.2. The standard InChI is InChI=1S/C26H30ClN5O4S/c1-15(2)37(33,34)21-7-5-4-6-19(21)30-25-18(27)14-29-26(32-25)31-20-12-16(3)22(17-8-9-28-13-17)24-23(20)35-10-11-36-24/h4-7,12,14-15,17,28H,8-11,13H2,1-3H3,(H2,29,30,31,32). The molecule has 1 aromatic heterocycles. The van der Waals surface area contributed by atoms with Crippen LogP contribution in [0.2, 0.25) is 5.02 Å². The maximum absolute atomic E-state index is 12.9. The van der Waals surface area contributed by atoms with E-state index < -0.39 is 15.1 Å². The molecule has 3 heterocycles. The molecule has 0 spiro atoms. The number of aromatic nitrogens is 2. The van der Waals surface area contributed by atoms with Crippen molar-refractivity contribution in [3.8, 4) is 11.5 Å². The number of sulfone groups is 1. The van der Waals surface area contributed by atoms with Gasteiger partial charge in [-0.2, -0.15) is 4.98 Å². The van der Waals surface area contributed by atoms with E-state index >= 15 is 0 Å². The van der Waals surface area contributed by atoms with Crippen LogP contribution >= 0.6 is 11.6 Å². The quantitative estimate of drug-likeness (QED) is 0.380. The van der Waals surface area contributed by atoms with E-state index in [1.54, 1.807) is 38.1 Å². The van der Waals surface area contributed by atoms with E-state index in [9.17, 15) is 8.42 Å². The first kappa shape index (κ1) is 25.6. The summed E-state index contributed by atoms with van der Waals surface area (Å²) in [5.41, 5.74) is 3.35. The summed E-state index contributed by atoms with van der Waals surface area (Å²) in [4.78, 5) is 9.06. The highest BCUT2D eigenvalue weighted by molar-refractivity contribution is 7.92. The number of ether oxygens (including phenoxy) is 2. The molecule has 3 aromatic rings. The van der Waals surface area contributed by atoms with E-state index in [4.69, 9.17) is 21.1 Å². The average Bonchev–Trinajstić information content (AvgIpc) is 3.40. The van der Waals surface area contributed by atoms with Gasteiger partial charge >= 0.3 is 0 Å². The molecule has 0 bridgehead atoms. The minimum atomic E-state index is -3.52. The zero-order chi connectivity index (χ0) is 26.2. The molecule has 2 aliphatic heterocycles. The van der Waals surface area contributed by atoms with Crippen LogP contribution in [0.4, 0.5) is 23.1 Å². The molecule has 5 rings (SSSR count). The molecule has 37 heavy (non-hydrogen) atoms. The molecule has 3 N–H and O–H groups in total. The molecule has 1 saturated heterocycles. The molecule has 0 radical (unpaired) electrons. The molecular formula is C26H30ClN5O4S. The Balaban J connectivity index is 1.48. The van der Waals surface area contributed by atoms with Gasteiger partial charge in [0.15, 0.2) is 27.2 Å². The summed E-state index contributed by atoms with van der Waals surface area (Å²) in [6, 6.07) is 8.72. The van der Waals surface area contributed by atoms with Gasteiger partial charge in [0, 0.05) is 18.0 Å². The molecule has 0 saturated carbocycles. The molecule has 0 aliphatic carbocycles. The molecule has 9 nitrogen and oxygen atoms in total. The Morgan fingerprint density at radius 1 is 1.11 bits per heavy atom. The summed E-state index contributed by atoms with van der Waals surface area (Å²) >= 11 is 6.40. The van der Waals surface area contributed by atoms with Crippen LogP contribution in [0.5, 0.6) is 11.5 Å². The number of aryl methyl sites for hydroxylation is 1. The predicted molar refractivity (Wildman–Crippen MR) is 145 cm³/mol. The van der Waals surface area contributed by atoms with E-state index in [-0.39, 0.29) is 21.7 Å². The lowest BCUT2D eigenvalue weighted by molar-refractivity contribution is 0.170. The lowest BCUT2D eigenvalue weighted by Gasteiger charge is -2.27. The van der Waals surface area contributed by atoms with Gasteiger partial charge in [-0.05, 0) is 57.5 Å². The second kappa shape index (κ2) is 10.4. The number of anilines is 4. The third-order valence-corrected chi connectivity index (χ3v) is 9.07. The van der Waals surface area contributed by atoms with Crippen molar-refractivity contribution in [2.45, 2.75) is 43.3 Å². The molecular weight excluding hydrogens is 514 g/mol. The van der Waals surface area contributed by atoms with Crippen LogP contribution in [0, 0.1) is 6.92 Å². The number of rotatable bonds is 7. The topological polar surface area (TPSA) is 114 Å². The third-order valence-electron chi connectivity index (χ3n) is 6.58. The number of benzene rings is 2. The summed E-state index contributed by atoms with van der Waals surface area (Å²) in [5.74, 6) is 2.33. The highest BCUT2D eigenvalue weighted by atomic mass is 35.5. The van der Waals surface area contributed by atoms with Crippen molar-refractivity contribution < 1.29 is 17.9 Å². The number of nitrogens with zero attached hydrogens (tertiary/aromatic N) is 2. The zero-order valence-electron chi connectivity index (χ0n) is 21.0. The van der Waals surface area contributed by atoms with Gasteiger partial charge in [0.2, 0.25) is 5.95 Å². The molecule has 2 aromatic carbocycles. The Kier molecular flexibility index (Phi) is 7.15. The van der Waals surface area contributed by atoms with Gasteiger partial charge in [-0.3, -0.25) is 0 Å². The van der Waals surface area contributed by atoms with Gasteiger partial charge in [-0.25, -0.2) is 13.4 Å². The van der Waals surface area contributed by atoms with Gasteiger partial charge in [0.1, 0.15) is 18.2 Å². The highest BCUT2D eigenvalue weighted by Gasteiger charge is 2.29. The number of hydrogen-bond donors (Lipinski definition) is 3. The molecule has 2 aliphatic rings. The lowest BCUT2D eigenvalue weighted by atomic mass is 9.92. The molecule has 1 unspecified atom stereocenters. The van der Waals surface area contributed by atoms with Crippen molar-refractivity contribution in [1.29, 1.82) is 0 Å². The van der Waals surface area contributed by atoms with Crippen LogP contribution in [0.25, 0.3) is 0 Å². The Bertz CT molecular complexity index is 1420. The molecule has 1 fully saturated rings. The van der Waals surface area contributed by atoms with Crippen LogP contribution in [0.15, 0.2) is 41.4 Å². The number of fused-ring (bicyclic) bond motifs is 1. The second-order valence-corrected chi connectivity index (χ2v) is 12.3. The van der Waals surface area contributed by atoms with Crippen LogP contribution in [-0.4, -0.2) is 49.9 Å². The highest BCUT2D eigenvalue weighted by Crippen LogP contribution is 2.47. The summed E-state index contributed by atoms with van der Waals surface area (Å²) in [6.07, 6.45) is 2.51. The number of nitrogens with one attached hydrogen (secondary N) is 3. The van der Waals surface area contributed by atoms with Crippen LogP contribution in [0.1, 0.15) is 37.3 Å². The van der Waals surface area contributed by atoms with E-state index in [1.165, 1.54) is 11.8 Å². The van der Waals surface area contributed by atoms with Gasteiger partial charge in [-0.15, -0.1) is 0 Å². The second-order valence-electron chi connectivity index (χ2n) is 9.43. The largest absolute Gasteiger partial charge is 0.486 e. The van der Waals surface area contributed by atoms with Crippen LogP contribution in [0.3, 0.4) is 0 Å². The first-order chi connectivity index (χ1) is 17.8. The van der Waals surface area contributed by atoms with Gasteiger partial charge in [-0.1, -0.05) is 23.7 Å². The average molecular weight is 544 g/mol. The van der Waals surface area contributed by atoms with Crippen molar-refractivity contribution in [3.63, 3.8) is 0 Å². The minimum absolute atomic E-state index is 0.182. The third kappa shape index (κ3) is 5.05. The summed E-state index contributed by atoms with van der Waals surface area (Å²) in [6.45, 7) is 8.20. The van der Waals surface area contributed by atoms with Crippen molar-refractivity contribution in [2.24, 2.45) is 0 Å². The first-order valence-electron chi connectivity index (χ1n) is 12.3. The number of para-hydroxylation sites is 1. The SMILES string of the molecule is Cc1cc(Nc2ncc(Cl)c(Nc3ccccc3S(=O)(=O)C(C)C)n2)c2c(c1C1CCNC1)OCCO2. The van der Waals surface area contributed by atoms with Crippen molar-refractivity contribution in [3.05, 3.63) is 52.7 Å². The normalized spacial score (nSPS) is 17.2. The smallest absolute Gasteiger partial charge is 0.229 e.